The van der Waals surface area contributed by atoms with Crippen molar-refractivity contribution in [2.45, 2.75) is 26.7 Å². The second kappa shape index (κ2) is 5.53. The molecule has 1 nitrogen and oxygen atoms in total. The lowest BCUT2D eigenvalue weighted by atomic mass is 10.1. The zero-order chi connectivity index (χ0) is 12.1. The van der Waals surface area contributed by atoms with Gasteiger partial charge >= 0.3 is 0 Å². The van der Waals surface area contributed by atoms with Crippen molar-refractivity contribution >= 4 is 0 Å². The normalized spacial score (nSPS) is 10.2. The number of hydrogen-bond acceptors (Lipinski definition) is 1. The predicted molar refractivity (Wildman–Crippen MR) is 71.7 cm³/mol. The monoisotopic (exact) mass is 226 g/mol. The minimum atomic E-state index is 0.968. The third-order valence-electron chi connectivity index (χ3n) is 2.93. The molecule has 0 saturated heterocycles. The van der Waals surface area contributed by atoms with E-state index in [2.05, 4.69) is 38.1 Å². The number of ether oxygens (including phenoxy) is 1. The first-order chi connectivity index (χ1) is 8.35. The van der Waals surface area contributed by atoms with Gasteiger partial charge in [0.25, 0.3) is 0 Å². The Balaban J connectivity index is 2.31. The molecule has 1 heteroatoms. The van der Waals surface area contributed by atoms with Crippen molar-refractivity contribution in [1.29, 1.82) is 0 Å². The molecule has 2 aromatic rings. The van der Waals surface area contributed by atoms with E-state index < -0.39 is 0 Å². The molecule has 0 aliphatic carbocycles. The van der Waals surface area contributed by atoms with E-state index >= 15 is 0 Å². The molecule has 0 saturated carbocycles. The summed E-state index contributed by atoms with van der Waals surface area (Å²) in [6, 6.07) is 16.4. The van der Waals surface area contributed by atoms with Gasteiger partial charge in [0.2, 0.25) is 0 Å². The van der Waals surface area contributed by atoms with Crippen LogP contribution in [0.15, 0.2) is 48.5 Å². The van der Waals surface area contributed by atoms with Gasteiger partial charge in [-0.05, 0) is 36.1 Å². The van der Waals surface area contributed by atoms with Crippen molar-refractivity contribution in [2.75, 3.05) is 0 Å². The molecule has 0 amide bonds. The summed E-state index contributed by atoms with van der Waals surface area (Å²) in [5.41, 5.74) is 2.50. The Labute approximate surface area is 103 Å². The van der Waals surface area contributed by atoms with Crippen LogP contribution < -0.4 is 4.74 Å². The summed E-state index contributed by atoms with van der Waals surface area (Å²) in [4.78, 5) is 0. The second-order valence-corrected chi connectivity index (χ2v) is 4.02. The fourth-order valence-corrected chi connectivity index (χ4v) is 1.91. The van der Waals surface area contributed by atoms with Crippen LogP contribution >= 0.6 is 0 Å². The van der Waals surface area contributed by atoms with Gasteiger partial charge in [-0.15, -0.1) is 0 Å². The lowest BCUT2D eigenvalue weighted by Gasteiger charge is -2.12. The SMILES string of the molecule is CCc1ccccc1Oc1ccccc1CC. The second-order valence-electron chi connectivity index (χ2n) is 4.02. The molecule has 0 heterocycles. The van der Waals surface area contributed by atoms with Crippen LogP contribution in [-0.4, -0.2) is 0 Å². The molecule has 0 atom stereocenters. The van der Waals surface area contributed by atoms with Gasteiger partial charge in [0, 0.05) is 0 Å². The molecule has 0 bridgehead atoms. The lowest BCUT2D eigenvalue weighted by Crippen LogP contribution is -1.93. The van der Waals surface area contributed by atoms with Crippen LogP contribution in [0, 0.1) is 0 Å². The lowest BCUT2D eigenvalue weighted by molar-refractivity contribution is 0.471. The average molecular weight is 226 g/mol. The third kappa shape index (κ3) is 2.68. The zero-order valence-corrected chi connectivity index (χ0v) is 10.4. The zero-order valence-electron chi connectivity index (χ0n) is 10.4. The molecule has 2 rings (SSSR count). The van der Waals surface area contributed by atoms with Gasteiger partial charge in [0.15, 0.2) is 0 Å². The highest BCUT2D eigenvalue weighted by atomic mass is 16.5. The molecule has 0 aliphatic rings. The van der Waals surface area contributed by atoms with E-state index in [4.69, 9.17) is 4.74 Å². The van der Waals surface area contributed by atoms with Crippen molar-refractivity contribution in [3.8, 4) is 11.5 Å². The van der Waals surface area contributed by atoms with Gasteiger partial charge in [-0.3, -0.25) is 0 Å². The molecular formula is C16H18O. The van der Waals surface area contributed by atoms with E-state index in [9.17, 15) is 0 Å². The first-order valence-electron chi connectivity index (χ1n) is 6.18. The topological polar surface area (TPSA) is 9.23 Å². The van der Waals surface area contributed by atoms with E-state index in [1.165, 1.54) is 11.1 Å². The molecule has 0 aromatic heterocycles. The van der Waals surface area contributed by atoms with Gasteiger partial charge in [-0.2, -0.15) is 0 Å². The number of para-hydroxylation sites is 2. The number of rotatable bonds is 4. The molecule has 88 valence electrons. The maximum absolute atomic E-state index is 6.02. The van der Waals surface area contributed by atoms with E-state index in [0.29, 0.717) is 0 Å². The molecule has 0 unspecified atom stereocenters. The minimum absolute atomic E-state index is 0.968. The first-order valence-corrected chi connectivity index (χ1v) is 6.18. The van der Waals surface area contributed by atoms with E-state index in [-0.39, 0.29) is 0 Å². The molecule has 0 spiro atoms. The van der Waals surface area contributed by atoms with Crippen LogP contribution in [0.1, 0.15) is 25.0 Å². The number of aryl methyl sites for hydroxylation is 2. The molecule has 2 aromatic carbocycles. The summed E-state index contributed by atoms with van der Waals surface area (Å²) in [5, 5.41) is 0. The molecule has 17 heavy (non-hydrogen) atoms. The summed E-state index contributed by atoms with van der Waals surface area (Å²) in [7, 11) is 0. The Morgan fingerprint density at radius 1 is 0.706 bits per heavy atom. The highest BCUT2D eigenvalue weighted by Crippen LogP contribution is 2.28. The van der Waals surface area contributed by atoms with Crippen LogP contribution in [0.2, 0.25) is 0 Å². The number of benzene rings is 2. The van der Waals surface area contributed by atoms with Crippen LogP contribution in [0.4, 0.5) is 0 Å². The Morgan fingerprint density at radius 3 is 1.53 bits per heavy atom. The van der Waals surface area contributed by atoms with Crippen LogP contribution in [0.3, 0.4) is 0 Å². The summed E-state index contributed by atoms with van der Waals surface area (Å²) in [6.07, 6.45) is 1.98. The van der Waals surface area contributed by atoms with Crippen LogP contribution in [0.25, 0.3) is 0 Å². The molecule has 0 fully saturated rings. The van der Waals surface area contributed by atoms with Crippen molar-refractivity contribution in [3.63, 3.8) is 0 Å². The van der Waals surface area contributed by atoms with Gasteiger partial charge in [-0.1, -0.05) is 50.2 Å². The standard InChI is InChI=1S/C16H18O/c1-3-13-9-5-7-11-15(13)17-16-12-8-6-10-14(16)4-2/h5-12H,3-4H2,1-2H3. The molecule has 0 N–H and O–H groups in total. The highest BCUT2D eigenvalue weighted by molar-refractivity contribution is 5.41. The smallest absolute Gasteiger partial charge is 0.130 e. The molecule has 0 radical (unpaired) electrons. The Bertz CT molecular complexity index is 443. The van der Waals surface area contributed by atoms with Gasteiger partial charge < -0.3 is 4.74 Å². The van der Waals surface area contributed by atoms with Gasteiger partial charge in [-0.25, -0.2) is 0 Å². The Hall–Kier alpha value is -1.76. The maximum Gasteiger partial charge on any atom is 0.130 e. The van der Waals surface area contributed by atoms with Crippen molar-refractivity contribution < 1.29 is 4.74 Å². The minimum Gasteiger partial charge on any atom is -0.457 e. The molecular weight excluding hydrogens is 208 g/mol. The summed E-state index contributed by atoms with van der Waals surface area (Å²) < 4.78 is 6.02. The molecule has 0 aliphatic heterocycles. The van der Waals surface area contributed by atoms with Crippen molar-refractivity contribution in [3.05, 3.63) is 59.7 Å². The Kier molecular flexibility index (Phi) is 3.81. The van der Waals surface area contributed by atoms with E-state index in [0.717, 1.165) is 24.3 Å². The number of hydrogen-bond donors (Lipinski definition) is 0. The van der Waals surface area contributed by atoms with E-state index in [1.54, 1.807) is 0 Å². The van der Waals surface area contributed by atoms with Crippen LogP contribution in [0.5, 0.6) is 11.5 Å². The first kappa shape index (κ1) is 11.7. The van der Waals surface area contributed by atoms with Crippen LogP contribution in [-0.2, 0) is 12.8 Å². The summed E-state index contributed by atoms with van der Waals surface area (Å²) in [6.45, 7) is 4.29. The highest BCUT2D eigenvalue weighted by Gasteiger charge is 2.05. The fraction of sp³-hybridized carbons (Fsp3) is 0.250. The average Bonchev–Trinajstić information content (AvgIpc) is 2.40. The third-order valence-corrected chi connectivity index (χ3v) is 2.93. The largest absolute Gasteiger partial charge is 0.457 e. The fourth-order valence-electron chi connectivity index (χ4n) is 1.91. The van der Waals surface area contributed by atoms with Gasteiger partial charge in [0.05, 0.1) is 0 Å². The maximum atomic E-state index is 6.02. The Morgan fingerprint density at radius 2 is 1.12 bits per heavy atom. The quantitative estimate of drug-likeness (QED) is 0.740. The van der Waals surface area contributed by atoms with Crippen molar-refractivity contribution in [1.82, 2.24) is 0 Å². The van der Waals surface area contributed by atoms with Crippen molar-refractivity contribution in [2.24, 2.45) is 0 Å². The summed E-state index contributed by atoms with van der Waals surface area (Å²) >= 11 is 0. The van der Waals surface area contributed by atoms with E-state index in [1.807, 2.05) is 24.3 Å². The predicted octanol–water partition coefficient (Wildman–Crippen LogP) is 4.60. The van der Waals surface area contributed by atoms with Gasteiger partial charge in [0.1, 0.15) is 11.5 Å². The summed E-state index contributed by atoms with van der Waals surface area (Å²) in [5.74, 6) is 1.94.